The number of rotatable bonds is 21. The number of ether oxygens (including phenoxy) is 2. The third kappa shape index (κ3) is 16.4. The van der Waals surface area contributed by atoms with Gasteiger partial charge in [0, 0.05) is 97.3 Å². The summed E-state index contributed by atoms with van der Waals surface area (Å²) in [6.07, 6.45) is 6.50. The molecule has 6 heterocycles. The zero-order chi connectivity index (χ0) is 53.0. The first-order valence-electron chi connectivity index (χ1n) is 22.9. The number of carboxylic acids is 2. The van der Waals surface area contributed by atoms with Crippen LogP contribution in [0.3, 0.4) is 0 Å². The maximum Gasteiger partial charge on any atom is 0.352 e. The fourth-order valence-electron chi connectivity index (χ4n) is 7.40. The molecule has 2 saturated heterocycles. The first-order valence-corrected chi connectivity index (χ1v) is 27.0. The highest BCUT2D eigenvalue weighted by Crippen LogP contribution is 2.42. The number of amides is 4. The summed E-state index contributed by atoms with van der Waals surface area (Å²) in [5.41, 5.74) is 3.03. The maximum atomic E-state index is 12.5. The number of esters is 2. The molecule has 4 amide bonds. The molecule has 4 aliphatic rings. The summed E-state index contributed by atoms with van der Waals surface area (Å²) >= 11 is 5.28. The SMILES string of the molecule is CC(=O)OCC1=C(C(=O)O)N2C(=O)C(NC(=O)CSc3ccncc3)[C@@H]2SC1.CC(=O)OCC1=C(C(=O)O)N2C(=O)C(NC(=O)CSc3ccncc3)[C@@H]2SC1.c1ccc(CNCCNCc2ccccc2)cc1. The summed E-state index contributed by atoms with van der Waals surface area (Å²) in [4.78, 5) is 106. The Labute approximate surface area is 443 Å². The predicted molar refractivity (Wildman–Crippen MR) is 279 cm³/mol. The third-order valence-corrected chi connectivity index (χ3v) is 15.6. The van der Waals surface area contributed by atoms with E-state index in [1.807, 2.05) is 12.1 Å². The van der Waals surface area contributed by atoms with Gasteiger partial charge < -0.3 is 41.0 Å². The van der Waals surface area contributed by atoms with Crippen LogP contribution < -0.4 is 21.3 Å². The number of pyridine rings is 2. The number of carbonyl (C=O) groups excluding carboxylic acids is 6. The van der Waals surface area contributed by atoms with Gasteiger partial charge in [-0.1, -0.05) is 60.7 Å². The normalized spacial score (nSPS) is 18.4. The summed E-state index contributed by atoms with van der Waals surface area (Å²) in [6.45, 7) is 5.94. The number of fused-ring (bicyclic) bond motifs is 2. The Morgan fingerprint density at radius 3 is 1.30 bits per heavy atom. The minimum Gasteiger partial charge on any atom is -0.477 e. The van der Waals surface area contributed by atoms with Gasteiger partial charge >= 0.3 is 23.9 Å². The van der Waals surface area contributed by atoms with E-state index in [-0.39, 0.29) is 47.9 Å². The van der Waals surface area contributed by atoms with Gasteiger partial charge in [0.2, 0.25) is 11.8 Å². The number of aromatic nitrogens is 2. The van der Waals surface area contributed by atoms with Gasteiger partial charge in [-0.25, -0.2) is 9.59 Å². The Morgan fingerprint density at radius 1 is 0.595 bits per heavy atom. The van der Waals surface area contributed by atoms with E-state index >= 15 is 0 Å². The molecule has 20 nitrogen and oxygen atoms in total. The van der Waals surface area contributed by atoms with Crippen molar-refractivity contribution in [1.29, 1.82) is 0 Å². The fourth-order valence-corrected chi connectivity index (χ4v) is 11.4. The highest BCUT2D eigenvalue weighted by atomic mass is 32.2. The first-order chi connectivity index (χ1) is 35.7. The molecule has 8 rings (SSSR count). The summed E-state index contributed by atoms with van der Waals surface area (Å²) < 4.78 is 9.76. The zero-order valence-corrected chi connectivity index (χ0v) is 43.4. The fraction of sp³-hybridized carbons (Fsp3) is 0.320. The molecule has 24 heteroatoms. The van der Waals surface area contributed by atoms with Gasteiger partial charge in [0.15, 0.2) is 0 Å². The van der Waals surface area contributed by atoms with E-state index in [4.69, 9.17) is 9.47 Å². The van der Waals surface area contributed by atoms with Crippen LogP contribution in [0, 0.1) is 0 Å². The van der Waals surface area contributed by atoms with Crippen LogP contribution in [0.2, 0.25) is 0 Å². The van der Waals surface area contributed by atoms with Crippen molar-refractivity contribution < 1.29 is 58.0 Å². The average Bonchev–Trinajstić information content (AvgIpc) is 3.41. The number of β-lactam (4-membered cyclic amide) rings is 2. The van der Waals surface area contributed by atoms with Crippen LogP contribution in [0.5, 0.6) is 0 Å². The van der Waals surface area contributed by atoms with Crippen LogP contribution in [0.4, 0.5) is 0 Å². The van der Waals surface area contributed by atoms with Gasteiger partial charge in [-0.05, 0) is 35.4 Å². The van der Waals surface area contributed by atoms with Gasteiger partial charge in [0.05, 0.1) is 11.5 Å². The number of carboxylic acid groups (broad SMARTS) is 2. The lowest BCUT2D eigenvalue weighted by Gasteiger charge is -2.49. The van der Waals surface area contributed by atoms with Crippen molar-refractivity contribution in [3.8, 4) is 0 Å². The van der Waals surface area contributed by atoms with E-state index in [0.29, 0.717) is 22.7 Å². The molecule has 4 atom stereocenters. The monoisotopic (exact) mass is 1090 g/mol. The van der Waals surface area contributed by atoms with Crippen LogP contribution in [0.25, 0.3) is 0 Å². The molecule has 6 N–H and O–H groups in total. The number of benzene rings is 2. The van der Waals surface area contributed by atoms with Gasteiger partial charge in [-0.15, -0.1) is 47.0 Å². The lowest BCUT2D eigenvalue weighted by atomic mass is 10.0. The predicted octanol–water partition coefficient (Wildman–Crippen LogP) is 3.52. The minimum absolute atomic E-state index is 0.129. The molecule has 4 aliphatic heterocycles. The second kappa shape index (κ2) is 28.7. The molecule has 74 heavy (non-hydrogen) atoms. The van der Waals surface area contributed by atoms with E-state index in [9.17, 15) is 48.6 Å². The summed E-state index contributed by atoms with van der Waals surface area (Å²) in [7, 11) is 0. The Morgan fingerprint density at radius 2 is 0.959 bits per heavy atom. The Balaban J connectivity index is 0.000000185. The minimum atomic E-state index is -1.26. The topological polar surface area (TPSA) is 276 Å². The van der Waals surface area contributed by atoms with E-state index in [1.165, 1.54) is 72.0 Å². The maximum absolute atomic E-state index is 12.5. The molecule has 0 radical (unpaired) electrons. The van der Waals surface area contributed by atoms with Crippen molar-refractivity contribution in [1.82, 2.24) is 41.0 Å². The largest absolute Gasteiger partial charge is 0.477 e. The van der Waals surface area contributed by atoms with Crippen LogP contribution in [-0.4, -0.2) is 150 Å². The molecule has 0 saturated carbocycles. The second-order valence-electron chi connectivity index (χ2n) is 16.3. The number of carbonyl (C=O) groups is 8. The molecule has 0 spiro atoms. The Bertz CT molecular complexity index is 2510. The quantitative estimate of drug-likeness (QED) is 0.0301. The van der Waals surface area contributed by atoms with Gasteiger partial charge in [-0.3, -0.25) is 48.5 Å². The smallest absolute Gasteiger partial charge is 0.352 e. The van der Waals surface area contributed by atoms with E-state index < -0.39 is 58.5 Å². The zero-order valence-electron chi connectivity index (χ0n) is 40.2. The number of hydrogen-bond donors (Lipinski definition) is 6. The lowest BCUT2D eigenvalue weighted by molar-refractivity contribution is -0.150. The number of nitrogens with zero attached hydrogens (tertiary/aromatic N) is 4. The number of thioether (sulfide) groups is 4. The molecule has 4 aromatic rings. The van der Waals surface area contributed by atoms with Gasteiger partial charge in [0.25, 0.3) is 11.8 Å². The molecule has 2 aromatic carbocycles. The van der Waals surface area contributed by atoms with E-state index in [0.717, 1.165) is 45.8 Å². The third-order valence-electron chi connectivity index (χ3n) is 10.9. The van der Waals surface area contributed by atoms with Gasteiger partial charge in [0.1, 0.15) is 47.4 Å². The molecule has 0 bridgehead atoms. The standard InChI is InChI=1S/2C17H17N3O6S2.C16H20N2/c2*1-9(21)26-6-10-7-28-16-13(15(23)20(16)14(10)17(24)25)19-12(22)8-27-11-2-4-18-5-3-11;1-3-7-15(8-4-1)13-17-11-12-18-14-16-9-5-2-6-10-16/h2*2-5,13,16H,6-8H2,1H3,(H,19,22)(H,24,25);1-10,17-18H,11-14H2/t2*13?,16-;/m00./s1. The van der Waals surface area contributed by atoms with E-state index in [2.05, 4.69) is 79.8 Å². The van der Waals surface area contributed by atoms with Crippen LogP contribution in [0.1, 0.15) is 25.0 Å². The molecule has 390 valence electrons. The number of aliphatic carboxylic acids is 2. The molecule has 2 fully saturated rings. The molecular weight excluding hydrogens is 1030 g/mol. The average molecular weight is 1090 g/mol. The number of hydrogen-bond acceptors (Lipinski definition) is 18. The van der Waals surface area contributed by atoms with Crippen molar-refractivity contribution in [2.45, 2.75) is 59.6 Å². The van der Waals surface area contributed by atoms with Crippen LogP contribution >= 0.6 is 47.0 Å². The highest BCUT2D eigenvalue weighted by Gasteiger charge is 2.55. The van der Waals surface area contributed by atoms with E-state index in [1.54, 1.807) is 49.1 Å². The van der Waals surface area contributed by atoms with Crippen molar-refractivity contribution in [3.63, 3.8) is 0 Å². The molecule has 2 aromatic heterocycles. The van der Waals surface area contributed by atoms with Crippen LogP contribution in [-0.2, 0) is 60.9 Å². The summed E-state index contributed by atoms with van der Waals surface area (Å²) in [6, 6.07) is 26.5. The van der Waals surface area contributed by atoms with Crippen LogP contribution in [0.15, 0.2) is 142 Å². The second-order valence-corrected chi connectivity index (χ2v) is 20.6. The molecule has 0 aliphatic carbocycles. The Kier molecular flexibility index (Phi) is 21.9. The first kappa shape index (κ1) is 56.6. The summed E-state index contributed by atoms with van der Waals surface area (Å²) in [5, 5.41) is 30.2. The van der Waals surface area contributed by atoms with Crippen molar-refractivity contribution >= 4 is 94.6 Å². The van der Waals surface area contributed by atoms with Crippen molar-refractivity contribution in [2.24, 2.45) is 0 Å². The molecule has 2 unspecified atom stereocenters. The number of nitrogens with one attached hydrogen (secondary N) is 4. The summed E-state index contributed by atoms with van der Waals surface area (Å²) in [5.74, 6) is -4.35. The highest BCUT2D eigenvalue weighted by molar-refractivity contribution is 8.01. The Hall–Kier alpha value is -6.70. The molecular formula is C50H54N8O12S4. The van der Waals surface area contributed by atoms with Gasteiger partial charge in [-0.2, -0.15) is 0 Å². The van der Waals surface area contributed by atoms with Crippen molar-refractivity contribution in [3.05, 3.63) is 143 Å². The lowest BCUT2D eigenvalue weighted by Crippen LogP contribution is -2.70. The van der Waals surface area contributed by atoms with Crippen molar-refractivity contribution in [2.75, 3.05) is 49.3 Å².